The van der Waals surface area contributed by atoms with E-state index in [0.29, 0.717) is 40.3 Å². The lowest BCUT2D eigenvalue weighted by Gasteiger charge is -2.44. The summed E-state index contributed by atoms with van der Waals surface area (Å²) in [6.45, 7) is 8.45. The fourth-order valence-electron chi connectivity index (χ4n) is 5.81. The SMILES string of the molecule is CC1(C)CC(=O)C2=C(C1)NC1=C(C(=O)CC(C)(C)C1)C2c1ccc(OCc2ccccc2F)c(Cl)c1. The van der Waals surface area contributed by atoms with Crippen molar-refractivity contribution in [1.82, 2.24) is 5.32 Å². The highest BCUT2D eigenvalue weighted by Crippen LogP contribution is 2.51. The van der Waals surface area contributed by atoms with Gasteiger partial charge in [0, 0.05) is 46.9 Å². The Balaban J connectivity index is 1.54. The molecule has 0 atom stereocenters. The topological polar surface area (TPSA) is 55.4 Å². The van der Waals surface area contributed by atoms with Gasteiger partial charge in [0.1, 0.15) is 18.2 Å². The van der Waals surface area contributed by atoms with Crippen LogP contribution in [-0.4, -0.2) is 11.6 Å². The number of ether oxygens (including phenoxy) is 1. The predicted molar refractivity (Wildman–Crippen MR) is 138 cm³/mol. The molecular formula is C30H31ClFNO3. The molecule has 0 amide bonds. The zero-order chi connectivity index (χ0) is 25.8. The lowest BCUT2D eigenvalue weighted by atomic mass is 9.64. The summed E-state index contributed by atoms with van der Waals surface area (Å²) in [6, 6.07) is 11.8. The average molecular weight is 508 g/mol. The van der Waals surface area contributed by atoms with E-state index < -0.39 is 5.92 Å². The summed E-state index contributed by atoms with van der Waals surface area (Å²) in [5.41, 5.74) is 4.12. The Morgan fingerprint density at radius 1 is 0.917 bits per heavy atom. The van der Waals surface area contributed by atoms with Crippen LogP contribution in [-0.2, 0) is 16.2 Å². The minimum absolute atomic E-state index is 0.0465. The first-order chi connectivity index (χ1) is 16.9. The molecule has 0 bridgehead atoms. The van der Waals surface area contributed by atoms with Gasteiger partial charge in [-0.15, -0.1) is 0 Å². The number of benzene rings is 2. The molecule has 0 saturated carbocycles. The van der Waals surface area contributed by atoms with E-state index in [0.717, 1.165) is 29.8 Å². The number of hydrogen-bond acceptors (Lipinski definition) is 4. The van der Waals surface area contributed by atoms with E-state index in [2.05, 4.69) is 33.0 Å². The van der Waals surface area contributed by atoms with E-state index in [-0.39, 0.29) is 34.8 Å². The third-order valence-electron chi connectivity index (χ3n) is 7.35. The van der Waals surface area contributed by atoms with Crippen molar-refractivity contribution >= 4 is 23.2 Å². The summed E-state index contributed by atoms with van der Waals surface area (Å²) in [5, 5.41) is 3.88. The van der Waals surface area contributed by atoms with Crippen LogP contribution in [0.2, 0.25) is 5.02 Å². The monoisotopic (exact) mass is 507 g/mol. The van der Waals surface area contributed by atoms with E-state index in [4.69, 9.17) is 16.3 Å². The molecule has 2 aliphatic carbocycles. The zero-order valence-corrected chi connectivity index (χ0v) is 21.9. The van der Waals surface area contributed by atoms with Gasteiger partial charge in [0.2, 0.25) is 0 Å². The average Bonchev–Trinajstić information content (AvgIpc) is 2.76. The number of hydrogen-bond donors (Lipinski definition) is 1. The first-order valence-corrected chi connectivity index (χ1v) is 12.8. The van der Waals surface area contributed by atoms with Crippen LogP contribution in [0.25, 0.3) is 0 Å². The van der Waals surface area contributed by atoms with Crippen molar-refractivity contribution in [3.8, 4) is 5.75 Å². The standard InChI is InChI=1S/C30H31ClFNO3/c1-29(2)12-21-27(23(34)14-29)26(28-22(33-21)13-30(3,4)15-24(28)35)17-9-10-25(19(31)11-17)36-16-18-7-5-6-8-20(18)32/h5-11,26,33H,12-16H2,1-4H3. The minimum atomic E-state index is -0.457. The van der Waals surface area contributed by atoms with E-state index in [1.807, 2.05) is 6.07 Å². The van der Waals surface area contributed by atoms with Gasteiger partial charge < -0.3 is 10.1 Å². The molecule has 0 unspecified atom stereocenters. The number of Topliss-reactive ketones (excluding diaryl/α,β-unsaturated/α-hetero) is 2. The molecule has 4 nitrogen and oxygen atoms in total. The van der Waals surface area contributed by atoms with Crippen molar-refractivity contribution in [1.29, 1.82) is 0 Å². The van der Waals surface area contributed by atoms with Crippen LogP contribution in [0.4, 0.5) is 4.39 Å². The summed E-state index contributed by atoms with van der Waals surface area (Å²) in [5.74, 6) is -0.232. The Kier molecular flexibility index (Phi) is 6.11. The summed E-state index contributed by atoms with van der Waals surface area (Å²) >= 11 is 6.63. The van der Waals surface area contributed by atoms with Gasteiger partial charge in [-0.25, -0.2) is 4.39 Å². The van der Waals surface area contributed by atoms with Crippen LogP contribution in [0.15, 0.2) is 65.0 Å². The van der Waals surface area contributed by atoms with Crippen molar-refractivity contribution in [3.05, 3.63) is 87.0 Å². The van der Waals surface area contributed by atoms with Crippen LogP contribution in [0.1, 0.15) is 70.4 Å². The zero-order valence-electron chi connectivity index (χ0n) is 21.1. The molecule has 0 spiro atoms. The molecule has 0 fully saturated rings. The summed E-state index contributed by atoms with van der Waals surface area (Å²) in [4.78, 5) is 26.9. The molecule has 3 aliphatic rings. The lowest BCUT2D eigenvalue weighted by Crippen LogP contribution is -2.42. The number of dihydropyridines is 1. The maximum absolute atomic E-state index is 14.0. The fourth-order valence-corrected chi connectivity index (χ4v) is 6.05. The predicted octanol–water partition coefficient (Wildman–Crippen LogP) is 7.03. The highest BCUT2D eigenvalue weighted by molar-refractivity contribution is 6.32. The number of carbonyl (C=O) groups excluding carboxylic acids is 2. The van der Waals surface area contributed by atoms with Crippen LogP contribution < -0.4 is 10.1 Å². The quantitative estimate of drug-likeness (QED) is 0.482. The van der Waals surface area contributed by atoms with Gasteiger partial charge in [0.25, 0.3) is 0 Å². The summed E-state index contributed by atoms with van der Waals surface area (Å²) in [6.07, 6.45) is 2.36. The molecule has 1 heterocycles. The second kappa shape index (κ2) is 8.88. The van der Waals surface area contributed by atoms with E-state index in [9.17, 15) is 14.0 Å². The van der Waals surface area contributed by atoms with Crippen molar-refractivity contribution in [2.24, 2.45) is 10.8 Å². The Hall–Kier alpha value is -2.92. The van der Waals surface area contributed by atoms with Crippen LogP contribution in [0.3, 0.4) is 0 Å². The second-order valence-electron chi connectivity index (χ2n) is 11.8. The van der Waals surface area contributed by atoms with Gasteiger partial charge >= 0.3 is 0 Å². The molecule has 2 aromatic rings. The van der Waals surface area contributed by atoms with Gasteiger partial charge in [-0.2, -0.15) is 0 Å². The van der Waals surface area contributed by atoms with Crippen LogP contribution in [0, 0.1) is 16.6 Å². The largest absolute Gasteiger partial charge is 0.487 e. The van der Waals surface area contributed by atoms with E-state index in [1.165, 1.54) is 6.07 Å². The van der Waals surface area contributed by atoms with Crippen LogP contribution in [0.5, 0.6) is 5.75 Å². The molecule has 36 heavy (non-hydrogen) atoms. The van der Waals surface area contributed by atoms with Gasteiger partial charge in [-0.3, -0.25) is 9.59 Å². The summed E-state index contributed by atoms with van der Waals surface area (Å²) < 4.78 is 19.8. The van der Waals surface area contributed by atoms with Crippen molar-refractivity contribution in [3.63, 3.8) is 0 Å². The van der Waals surface area contributed by atoms with Crippen molar-refractivity contribution in [2.45, 2.75) is 65.9 Å². The van der Waals surface area contributed by atoms with Gasteiger partial charge in [0.05, 0.1) is 5.02 Å². The smallest absolute Gasteiger partial charge is 0.162 e. The van der Waals surface area contributed by atoms with Gasteiger partial charge in [-0.1, -0.05) is 63.6 Å². The number of ketones is 2. The molecule has 0 radical (unpaired) electrons. The molecule has 5 rings (SSSR count). The molecular weight excluding hydrogens is 477 g/mol. The number of carbonyl (C=O) groups is 2. The van der Waals surface area contributed by atoms with E-state index >= 15 is 0 Å². The molecule has 1 N–H and O–H groups in total. The highest BCUT2D eigenvalue weighted by atomic mass is 35.5. The lowest BCUT2D eigenvalue weighted by molar-refractivity contribution is -0.119. The number of allylic oxidation sites excluding steroid dienone is 4. The number of halogens is 2. The molecule has 0 aromatic heterocycles. The van der Waals surface area contributed by atoms with Gasteiger partial charge in [-0.05, 0) is 47.4 Å². The number of rotatable bonds is 4. The highest BCUT2D eigenvalue weighted by Gasteiger charge is 2.46. The molecule has 1 aliphatic heterocycles. The fraction of sp³-hybridized carbons (Fsp3) is 0.400. The Morgan fingerprint density at radius 3 is 2.06 bits per heavy atom. The Bertz CT molecular complexity index is 1290. The third kappa shape index (κ3) is 4.61. The molecule has 0 saturated heterocycles. The number of nitrogens with one attached hydrogen (secondary N) is 1. The Morgan fingerprint density at radius 2 is 1.50 bits per heavy atom. The minimum Gasteiger partial charge on any atom is -0.487 e. The van der Waals surface area contributed by atoms with Crippen molar-refractivity contribution < 1.29 is 18.7 Å². The normalized spacial score (nSPS) is 21.2. The molecule has 188 valence electrons. The van der Waals surface area contributed by atoms with Gasteiger partial charge in [0.15, 0.2) is 11.6 Å². The second-order valence-corrected chi connectivity index (χ2v) is 12.2. The summed E-state index contributed by atoms with van der Waals surface area (Å²) in [7, 11) is 0. The van der Waals surface area contributed by atoms with Crippen molar-refractivity contribution in [2.75, 3.05) is 0 Å². The first kappa shape index (κ1) is 24.8. The first-order valence-electron chi connectivity index (χ1n) is 12.4. The van der Waals surface area contributed by atoms with E-state index in [1.54, 1.807) is 30.3 Å². The maximum atomic E-state index is 14.0. The maximum Gasteiger partial charge on any atom is 0.162 e. The van der Waals surface area contributed by atoms with Crippen LogP contribution >= 0.6 is 11.6 Å². The third-order valence-corrected chi connectivity index (χ3v) is 7.64. The molecule has 6 heteroatoms. The Labute approximate surface area is 216 Å². The molecule has 2 aromatic carbocycles.